The van der Waals surface area contributed by atoms with Gasteiger partial charge in [-0.05, 0) is 6.42 Å². The zero-order valence-electron chi connectivity index (χ0n) is 12.1. The normalized spacial score (nSPS) is 20.9. The molecule has 1 aliphatic rings. The highest BCUT2D eigenvalue weighted by atomic mass is 32.2. The van der Waals surface area contributed by atoms with E-state index in [0.29, 0.717) is 32.0 Å². The maximum Gasteiger partial charge on any atom is 0.222 e. The Hall–Kier alpha value is -1.35. The van der Waals surface area contributed by atoms with E-state index in [2.05, 4.69) is 20.3 Å². The molecule has 0 aromatic rings. The number of rotatable bonds is 5. The number of aliphatic imine (C=N–C) groups is 1. The lowest BCUT2D eigenvalue weighted by Gasteiger charge is -2.31. The quantitative estimate of drug-likeness (QED) is 0.320. The molecule has 1 fully saturated rings. The molecule has 0 aliphatic carbocycles. The Morgan fingerprint density at radius 2 is 2.15 bits per heavy atom. The standard InChI is InChI=1S/C11H23N5O3S/c1-12-11(13-6-7-14-20(3,18)19)15-9-4-5-10(17)16(2)8-9/h9,14H,4-8H2,1-3H3,(H2,12,13,15). The summed E-state index contributed by atoms with van der Waals surface area (Å²) in [5, 5.41) is 6.25. The van der Waals surface area contributed by atoms with Crippen LogP contribution in [0.4, 0.5) is 0 Å². The molecule has 1 unspecified atom stereocenters. The molecule has 0 aromatic heterocycles. The van der Waals surface area contributed by atoms with Crippen molar-refractivity contribution in [3.05, 3.63) is 0 Å². The fourth-order valence-corrected chi connectivity index (χ4v) is 2.41. The fourth-order valence-electron chi connectivity index (χ4n) is 1.94. The average Bonchev–Trinajstić information content (AvgIpc) is 2.36. The van der Waals surface area contributed by atoms with Crippen LogP contribution in [0.2, 0.25) is 0 Å². The number of amides is 1. The summed E-state index contributed by atoms with van der Waals surface area (Å²) in [5.41, 5.74) is 0. The van der Waals surface area contributed by atoms with E-state index in [1.807, 2.05) is 0 Å². The largest absolute Gasteiger partial charge is 0.355 e. The van der Waals surface area contributed by atoms with Gasteiger partial charge in [-0.2, -0.15) is 0 Å². The lowest BCUT2D eigenvalue weighted by molar-refractivity contribution is -0.132. The Balaban J connectivity index is 2.31. The van der Waals surface area contributed by atoms with E-state index in [-0.39, 0.29) is 11.9 Å². The summed E-state index contributed by atoms with van der Waals surface area (Å²) in [5.74, 6) is 0.761. The Labute approximate surface area is 120 Å². The van der Waals surface area contributed by atoms with Crippen molar-refractivity contribution < 1.29 is 13.2 Å². The van der Waals surface area contributed by atoms with E-state index in [4.69, 9.17) is 0 Å². The summed E-state index contributed by atoms with van der Waals surface area (Å²) in [6.45, 7) is 1.37. The molecule has 116 valence electrons. The van der Waals surface area contributed by atoms with Gasteiger partial charge in [-0.15, -0.1) is 0 Å². The van der Waals surface area contributed by atoms with Gasteiger partial charge in [0.2, 0.25) is 15.9 Å². The number of likely N-dealkylation sites (tertiary alicyclic amines) is 1. The molecule has 3 N–H and O–H groups in total. The third kappa shape index (κ3) is 6.20. The molecule has 0 spiro atoms. The second kappa shape index (κ2) is 7.44. The molecule has 0 aromatic carbocycles. The molecule has 0 saturated carbocycles. The number of carbonyl (C=O) groups excluding carboxylic acids is 1. The van der Waals surface area contributed by atoms with E-state index < -0.39 is 10.0 Å². The summed E-state index contributed by atoms with van der Waals surface area (Å²) in [7, 11) is 0.266. The first kappa shape index (κ1) is 16.7. The molecular weight excluding hydrogens is 282 g/mol. The molecule has 1 saturated heterocycles. The van der Waals surface area contributed by atoms with Crippen LogP contribution in [0.1, 0.15) is 12.8 Å². The van der Waals surface area contributed by atoms with Crippen molar-refractivity contribution in [2.45, 2.75) is 18.9 Å². The molecule has 1 heterocycles. The first-order chi connectivity index (χ1) is 9.31. The Bertz CT molecular complexity index is 463. The maximum absolute atomic E-state index is 11.4. The predicted octanol–water partition coefficient (Wildman–Crippen LogP) is -1.68. The molecule has 0 bridgehead atoms. The van der Waals surface area contributed by atoms with Crippen LogP contribution in [0.25, 0.3) is 0 Å². The van der Waals surface area contributed by atoms with Crippen LogP contribution in [-0.4, -0.2) is 71.2 Å². The monoisotopic (exact) mass is 305 g/mol. The first-order valence-electron chi connectivity index (χ1n) is 6.47. The number of nitrogens with one attached hydrogen (secondary N) is 3. The lowest BCUT2D eigenvalue weighted by atomic mass is 10.1. The van der Waals surface area contributed by atoms with Crippen molar-refractivity contribution >= 4 is 21.9 Å². The highest BCUT2D eigenvalue weighted by molar-refractivity contribution is 7.88. The SMILES string of the molecule is CN=C(NCCNS(C)(=O)=O)NC1CCC(=O)N(C)C1. The number of hydrogen-bond donors (Lipinski definition) is 3. The minimum absolute atomic E-state index is 0.156. The lowest BCUT2D eigenvalue weighted by Crippen LogP contribution is -2.52. The van der Waals surface area contributed by atoms with Gasteiger partial charge in [-0.25, -0.2) is 13.1 Å². The van der Waals surface area contributed by atoms with Gasteiger partial charge >= 0.3 is 0 Å². The number of nitrogens with zero attached hydrogens (tertiary/aromatic N) is 2. The van der Waals surface area contributed by atoms with E-state index in [9.17, 15) is 13.2 Å². The van der Waals surface area contributed by atoms with Crippen LogP contribution in [0.5, 0.6) is 0 Å². The maximum atomic E-state index is 11.4. The van der Waals surface area contributed by atoms with Crippen LogP contribution < -0.4 is 15.4 Å². The summed E-state index contributed by atoms with van der Waals surface area (Å²) in [4.78, 5) is 17.2. The second-order valence-electron chi connectivity index (χ2n) is 4.82. The number of hydrogen-bond acceptors (Lipinski definition) is 4. The molecule has 9 heteroatoms. The molecule has 0 radical (unpaired) electrons. The van der Waals surface area contributed by atoms with Gasteiger partial charge in [-0.1, -0.05) is 0 Å². The molecule has 1 aliphatic heterocycles. The molecule has 1 amide bonds. The molecule has 20 heavy (non-hydrogen) atoms. The van der Waals surface area contributed by atoms with E-state index in [1.165, 1.54) is 0 Å². The number of piperidine rings is 1. The van der Waals surface area contributed by atoms with Crippen molar-refractivity contribution in [1.29, 1.82) is 0 Å². The summed E-state index contributed by atoms with van der Waals surface area (Å²) >= 11 is 0. The number of likely N-dealkylation sites (N-methyl/N-ethyl adjacent to an activating group) is 1. The van der Waals surface area contributed by atoms with Gasteiger partial charge < -0.3 is 15.5 Å². The average molecular weight is 305 g/mol. The Kier molecular flexibility index (Phi) is 6.21. The van der Waals surface area contributed by atoms with Gasteiger partial charge in [-0.3, -0.25) is 9.79 Å². The molecule has 8 nitrogen and oxygen atoms in total. The van der Waals surface area contributed by atoms with E-state index in [0.717, 1.165) is 12.7 Å². The Morgan fingerprint density at radius 3 is 2.70 bits per heavy atom. The van der Waals surface area contributed by atoms with Crippen molar-refractivity contribution in [3.63, 3.8) is 0 Å². The fraction of sp³-hybridized carbons (Fsp3) is 0.818. The van der Waals surface area contributed by atoms with Gasteiger partial charge in [0.25, 0.3) is 0 Å². The van der Waals surface area contributed by atoms with Gasteiger partial charge in [0, 0.05) is 46.2 Å². The highest BCUT2D eigenvalue weighted by Gasteiger charge is 2.23. The van der Waals surface area contributed by atoms with E-state index >= 15 is 0 Å². The highest BCUT2D eigenvalue weighted by Crippen LogP contribution is 2.09. The molecule has 1 rings (SSSR count). The zero-order chi connectivity index (χ0) is 15.2. The minimum atomic E-state index is -3.16. The van der Waals surface area contributed by atoms with Gasteiger partial charge in [0.1, 0.15) is 0 Å². The topological polar surface area (TPSA) is 103 Å². The van der Waals surface area contributed by atoms with Crippen molar-refractivity contribution in [1.82, 2.24) is 20.3 Å². The second-order valence-corrected chi connectivity index (χ2v) is 6.65. The minimum Gasteiger partial charge on any atom is -0.355 e. The Morgan fingerprint density at radius 1 is 1.45 bits per heavy atom. The van der Waals surface area contributed by atoms with Crippen LogP contribution >= 0.6 is 0 Å². The molecule has 1 atom stereocenters. The van der Waals surface area contributed by atoms with E-state index in [1.54, 1.807) is 19.0 Å². The number of carbonyl (C=O) groups is 1. The summed E-state index contributed by atoms with van der Waals surface area (Å²) in [6.07, 6.45) is 2.42. The van der Waals surface area contributed by atoms with Crippen LogP contribution in [-0.2, 0) is 14.8 Å². The van der Waals surface area contributed by atoms with Crippen molar-refractivity contribution in [3.8, 4) is 0 Å². The predicted molar refractivity (Wildman–Crippen MR) is 78.0 cm³/mol. The van der Waals surface area contributed by atoms with Crippen molar-refractivity contribution in [2.75, 3.05) is 40.0 Å². The number of guanidine groups is 1. The third-order valence-corrected chi connectivity index (χ3v) is 3.70. The number of sulfonamides is 1. The zero-order valence-corrected chi connectivity index (χ0v) is 13.0. The van der Waals surface area contributed by atoms with Crippen LogP contribution in [0.15, 0.2) is 4.99 Å². The summed E-state index contributed by atoms with van der Waals surface area (Å²) < 4.78 is 24.2. The van der Waals surface area contributed by atoms with Gasteiger partial charge in [0.05, 0.1) is 6.26 Å². The van der Waals surface area contributed by atoms with Crippen LogP contribution in [0, 0.1) is 0 Å². The first-order valence-corrected chi connectivity index (χ1v) is 8.36. The van der Waals surface area contributed by atoms with Crippen LogP contribution in [0.3, 0.4) is 0 Å². The third-order valence-electron chi connectivity index (χ3n) is 2.97. The molecular formula is C11H23N5O3S. The summed E-state index contributed by atoms with van der Waals surface area (Å²) in [6, 6.07) is 0.159. The smallest absolute Gasteiger partial charge is 0.222 e. The van der Waals surface area contributed by atoms with Gasteiger partial charge in [0.15, 0.2) is 5.96 Å². The van der Waals surface area contributed by atoms with Crippen molar-refractivity contribution in [2.24, 2.45) is 4.99 Å².